The molecule has 1 aromatic carbocycles. The predicted molar refractivity (Wildman–Crippen MR) is 115 cm³/mol. The number of amides is 2. The molecular formula is C22H28N4O2S. The van der Waals surface area contributed by atoms with E-state index in [0.29, 0.717) is 6.54 Å². The van der Waals surface area contributed by atoms with E-state index in [4.69, 9.17) is 4.98 Å². The van der Waals surface area contributed by atoms with Gasteiger partial charge in [0.05, 0.1) is 5.69 Å². The molecule has 0 saturated carbocycles. The summed E-state index contributed by atoms with van der Waals surface area (Å²) in [4.78, 5) is 34.5. The van der Waals surface area contributed by atoms with Crippen molar-refractivity contribution < 1.29 is 9.59 Å². The molecule has 2 heterocycles. The van der Waals surface area contributed by atoms with Crippen molar-refractivity contribution in [2.45, 2.75) is 39.7 Å². The van der Waals surface area contributed by atoms with Crippen molar-refractivity contribution in [2.75, 3.05) is 31.1 Å². The van der Waals surface area contributed by atoms with Gasteiger partial charge in [-0.3, -0.25) is 9.59 Å². The van der Waals surface area contributed by atoms with Crippen molar-refractivity contribution in [1.29, 1.82) is 0 Å². The molecule has 1 aliphatic heterocycles. The number of nitrogens with one attached hydrogen (secondary N) is 1. The highest BCUT2D eigenvalue weighted by Crippen LogP contribution is 2.34. The van der Waals surface area contributed by atoms with Crippen LogP contribution in [0.4, 0.5) is 5.13 Å². The van der Waals surface area contributed by atoms with Gasteiger partial charge in [-0.1, -0.05) is 29.8 Å². The minimum absolute atomic E-state index is 0.0239. The quantitative estimate of drug-likeness (QED) is 0.838. The van der Waals surface area contributed by atoms with Crippen LogP contribution >= 0.6 is 11.3 Å². The van der Waals surface area contributed by atoms with Gasteiger partial charge in [0.15, 0.2) is 5.13 Å². The number of benzene rings is 1. The highest BCUT2D eigenvalue weighted by Gasteiger charge is 2.29. The normalized spacial score (nSPS) is 19.0. The van der Waals surface area contributed by atoms with E-state index in [1.54, 1.807) is 18.3 Å². The van der Waals surface area contributed by atoms with E-state index in [-0.39, 0.29) is 17.7 Å². The van der Waals surface area contributed by atoms with Crippen molar-refractivity contribution in [3.05, 3.63) is 46.0 Å². The summed E-state index contributed by atoms with van der Waals surface area (Å²) < 4.78 is 0. The van der Waals surface area contributed by atoms with Crippen LogP contribution < -0.4 is 10.2 Å². The highest BCUT2D eigenvalue weighted by atomic mass is 32.1. The molecule has 2 amide bonds. The van der Waals surface area contributed by atoms with Gasteiger partial charge >= 0.3 is 0 Å². The summed E-state index contributed by atoms with van der Waals surface area (Å²) in [6.45, 7) is 7.43. The first kappa shape index (κ1) is 19.9. The zero-order valence-electron chi connectivity index (χ0n) is 17.1. The van der Waals surface area contributed by atoms with Crippen LogP contribution in [-0.2, 0) is 29.0 Å². The van der Waals surface area contributed by atoms with Gasteiger partial charge in [-0.25, -0.2) is 4.98 Å². The summed E-state index contributed by atoms with van der Waals surface area (Å²) in [6.07, 6.45) is 2.50. The number of carbonyl (C=O) groups excluding carboxylic acids is 2. The number of rotatable bonds is 4. The Hall–Kier alpha value is -2.41. The lowest BCUT2D eigenvalue weighted by atomic mass is 9.90. The SMILES string of the molecule is CC(=O)N1CCN(c2nc3c(s2)C[C@@H](C(=O)NCc2ccc(C)cc2)CC3)CC1. The molecule has 0 bridgehead atoms. The summed E-state index contributed by atoms with van der Waals surface area (Å²) in [5, 5.41) is 4.14. The third kappa shape index (κ3) is 4.61. The van der Waals surface area contributed by atoms with Crippen LogP contribution in [0.3, 0.4) is 0 Å². The van der Waals surface area contributed by atoms with Crippen LogP contribution in [0.2, 0.25) is 0 Å². The van der Waals surface area contributed by atoms with Gasteiger partial charge in [-0.05, 0) is 31.7 Å². The smallest absolute Gasteiger partial charge is 0.223 e. The zero-order valence-corrected chi connectivity index (χ0v) is 17.9. The Kier molecular flexibility index (Phi) is 5.85. The van der Waals surface area contributed by atoms with Gasteiger partial charge in [-0.2, -0.15) is 0 Å². The number of nitrogens with zero attached hydrogens (tertiary/aromatic N) is 3. The minimum Gasteiger partial charge on any atom is -0.352 e. The van der Waals surface area contributed by atoms with Gasteiger partial charge in [0.25, 0.3) is 0 Å². The third-order valence-electron chi connectivity index (χ3n) is 5.88. The van der Waals surface area contributed by atoms with Gasteiger partial charge in [0.2, 0.25) is 11.8 Å². The standard InChI is InChI=1S/C22H28N4O2S/c1-15-3-5-17(6-4-15)14-23-21(28)18-7-8-19-20(13-18)29-22(24-19)26-11-9-25(10-12-26)16(2)27/h3-6,18H,7-14H2,1-2H3,(H,23,28)/t18-/m0/s1. The predicted octanol–water partition coefficient (Wildman–Crippen LogP) is 2.54. The molecule has 1 atom stereocenters. The molecule has 1 aromatic heterocycles. The molecule has 1 N–H and O–H groups in total. The second-order valence-electron chi connectivity index (χ2n) is 8.00. The summed E-state index contributed by atoms with van der Waals surface area (Å²) in [7, 11) is 0. The number of piperazine rings is 1. The molecule has 1 fully saturated rings. The first-order chi connectivity index (χ1) is 14.0. The van der Waals surface area contributed by atoms with Gasteiger partial charge in [0.1, 0.15) is 0 Å². The Balaban J connectivity index is 1.33. The first-order valence-corrected chi connectivity index (χ1v) is 11.1. The molecule has 7 heteroatoms. The lowest BCUT2D eigenvalue weighted by molar-refractivity contribution is -0.129. The zero-order chi connectivity index (χ0) is 20.4. The molecule has 6 nitrogen and oxygen atoms in total. The van der Waals surface area contributed by atoms with Gasteiger partial charge < -0.3 is 15.1 Å². The monoisotopic (exact) mass is 412 g/mol. The largest absolute Gasteiger partial charge is 0.352 e. The summed E-state index contributed by atoms with van der Waals surface area (Å²) in [6, 6.07) is 8.28. The Morgan fingerprint density at radius 2 is 1.90 bits per heavy atom. The average molecular weight is 413 g/mol. The Labute approximate surface area is 175 Å². The van der Waals surface area contributed by atoms with Crippen molar-refractivity contribution >= 4 is 28.3 Å². The molecule has 29 heavy (non-hydrogen) atoms. The number of hydrogen-bond acceptors (Lipinski definition) is 5. The number of fused-ring (bicyclic) bond motifs is 1. The maximum Gasteiger partial charge on any atom is 0.223 e. The van der Waals surface area contributed by atoms with Crippen LogP contribution in [0.1, 0.15) is 35.0 Å². The van der Waals surface area contributed by atoms with Crippen LogP contribution in [0.15, 0.2) is 24.3 Å². The molecule has 4 rings (SSSR count). The third-order valence-corrected chi connectivity index (χ3v) is 7.06. The van der Waals surface area contributed by atoms with Crippen LogP contribution in [0.25, 0.3) is 0 Å². The number of anilines is 1. The Bertz CT molecular complexity index is 885. The van der Waals surface area contributed by atoms with E-state index in [2.05, 4.69) is 41.4 Å². The molecule has 0 unspecified atom stereocenters. The van der Waals surface area contributed by atoms with E-state index in [0.717, 1.165) is 61.8 Å². The topological polar surface area (TPSA) is 65.5 Å². The second-order valence-corrected chi connectivity index (χ2v) is 9.06. The van der Waals surface area contributed by atoms with Crippen LogP contribution in [0, 0.1) is 12.8 Å². The molecule has 2 aliphatic rings. The number of aromatic nitrogens is 1. The lowest BCUT2D eigenvalue weighted by Gasteiger charge is -2.33. The maximum atomic E-state index is 12.7. The average Bonchev–Trinajstić information content (AvgIpc) is 3.16. The van der Waals surface area contributed by atoms with E-state index in [1.807, 2.05) is 4.90 Å². The second kappa shape index (κ2) is 8.53. The van der Waals surface area contributed by atoms with Gasteiger partial charge in [0, 0.05) is 50.4 Å². The molecule has 0 radical (unpaired) electrons. The number of carbonyl (C=O) groups is 2. The van der Waals surface area contributed by atoms with Crippen molar-refractivity contribution in [1.82, 2.24) is 15.2 Å². The maximum absolute atomic E-state index is 12.7. The fourth-order valence-electron chi connectivity index (χ4n) is 3.97. The van der Waals surface area contributed by atoms with Crippen molar-refractivity contribution in [3.8, 4) is 0 Å². The van der Waals surface area contributed by atoms with E-state index in [9.17, 15) is 9.59 Å². The van der Waals surface area contributed by atoms with Crippen molar-refractivity contribution in [3.63, 3.8) is 0 Å². The van der Waals surface area contributed by atoms with E-state index in [1.165, 1.54) is 10.4 Å². The number of aryl methyl sites for hydroxylation is 2. The molecule has 1 aliphatic carbocycles. The van der Waals surface area contributed by atoms with Crippen molar-refractivity contribution in [2.24, 2.45) is 5.92 Å². The van der Waals surface area contributed by atoms with E-state index < -0.39 is 0 Å². The summed E-state index contributed by atoms with van der Waals surface area (Å²) >= 11 is 1.72. The lowest BCUT2D eigenvalue weighted by Crippen LogP contribution is -2.48. The summed E-state index contributed by atoms with van der Waals surface area (Å²) in [5.74, 6) is 0.305. The van der Waals surface area contributed by atoms with Crippen LogP contribution in [0.5, 0.6) is 0 Å². The Morgan fingerprint density at radius 3 is 2.59 bits per heavy atom. The molecule has 154 valence electrons. The van der Waals surface area contributed by atoms with Crippen LogP contribution in [-0.4, -0.2) is 47.9 Å². The Morgan fingerprint density at radius 1 is 1.17 bits per heavy atom. The number of thiazole rings is 1. The first-order valence-electron chi connectivity index (χ1n) is 10.3. The molecule has 2 aromatic rings. The van der Waals surface area contributed by atoms with Gasteiger partial charge in [-0.15, -0.1) is 11.3 Å². The fourth-order valence-corrected chi connectivity index (χ4v) is 5.21. The molecule has 1 saturated heterocycles. The minimum atomic E-state index is 0.0239. The fraction of sp³-hybridized carbons (Fsp3) is 0.500. The highest BCUT2D eigenvalue weighted by molar-refractivity contribution is 7.15. The van der Waals surface area contributed by atoms with E-state index >= 15 is 0 Å². The molecule has 0 spiro atoms. The summed E-state index contributed by atoms with van der Waals surface area (Å²) in [5.41, 5.74) is 3.51. The molecular weight excluding hydrogens is 384 g/mol. The number of hydrogen-bond donors (Lipinski definition) is 1.